The zero-order chi connectivity index (χ0) is 23.9. The summed E-state index contributed by atoms with van der Waals surface area (Å²) in [6.45, 7) is 8.88. The topological polar surface area (TPSA) is 112 Å². The van der Waals surface area contributed by atoms with E-state index in [1.54, 1.807) is 31.6 Å². The normalized spacial score (nSPS) is 12.1. The monoisotopic (exact) mass is 447 g/mol. The molecule has 0 aliphatic rings. The lowest BCUT2D eigenvalue weighted by Crippen LogP contribution is -2.30. The zero-order valence-electron chi connectivity index (χ0n) is 19.4. The lowest BCUT2D eigenvalue weighted by Gasteiger charge is -2.14. The van der Waals surface area contributed by atoms with E-state index in [2.05, 4.69) is 20.6 Å². The Morgan fingerprint density at radius 3 is 2.42 bits per heavy atom. The number of nitrogens with zero attached hydrogens (tertiary/aromatic N) is 4. The summed E-state index contributed by atoms with van der Waals surface area (Å²) in [6, 6.07) is 9.38. The standard InChI is InChI=1S/C24H25N5O4/c1-12-7-9-17(10-8-12)19-11-18(20-13(2)28-33-23(20)25-19)24(31)32-16(5)22(30)26-21-14(3)27-29(6)15(21)4/h7-11,16H,1-6H3,(H,26,30). The van der Waals surface area contributed by atoms with Crippen LogP contribution in [0.2, 0.25) is 0 Å². The highest BCUT2D eigenvalue weighted by atomic mass is 16.5. The number of fused-ring (bicyclic) bond motifs is 1. The summed E-state index contributed by atoms with van der Waals surface area (Å²) in [5.41, 5.74) is 5.54. The maximum atomic E-state index is 13.1. The summed E-state index contributed by atoms with van der Waals surface area (Å²) in [5, 5.41) is 11.5. The van der Waals surface area contributed by atoms with E-state index in [0.29, 0.717) is 28.2 Å². The number of amides is 1. The fourth-order valence-electron chi connectivity index (χ4n) is 3.58. The Bertz CT molecular complexity index is 1370. The third-order valence-electron chi connectivity index (χ3n) is 5.59. The lowest BCUT2D eigenvalue weighted by atomic mass is 10.0. The molecule has 0 fully saturated rings. The summed E-state index contributed by atoms with van der Waals surface area (Å²) < 4.78 is 12.5. The Hall–Kier alpha value is -4.01. The number of pyridine rings is 1. The summed E-state index contributed by atoms with van der Waals surface area (Å²) in [7, 11) is 1.79. The van der Waals surface area contributed by atoms with Crippen molar-refractivity contribution < 1.29 is 18.8 Å². The molecule has 3 heterocycles. The number of ether oxygens (including phenoxy) is 1. The maximum Gasteiger partial charge on any atom is 0.339 e. The van der Waals surface area contributed by atoms with Gasteiger partial charge in [0, 0.05) is 12.6 Å². The van der Waals surface area contributed by atoms with Crippen LogP contribution in [-0.2, 0) is 16.6 Å². The zero-order valence-corrected chi connectivity index (χ0v) is 19.4. The van der Waals surface area contributed by atoms with E-state index in [1.807, 2.05) is 38.1 Å². The van der Waals surface area contributed by atoms with Gasteiger partial charge >= 0.3 is 5.97 Å². The predicted octanol–water partition coefficient (Wildman–Crippen LogP) is 4.04. The van der Waals surface area contributed by atoms with Crippen LogP contribution in [0, 0.1) is 27.7 Å². The van der Waals surface area contributed by atoms with E-state index in [4.69, 9.17) is 9.26 Å². The molecule has 9 heteroatoms. The quantitative estimate of drug-likeness (QED) is 0.460. The number of carbonyl (C=O) groups is 2. The minimum absolute atomic E-state index is 0.233. The first-order valence-corrected chi connectivity index (χ1v) is 10.5. The summed E-state index contributed by atoms with van der Waals surface area (Å²) >= 11 is 0. The van der Waals surface area contributed by atoms with Gasteiger partial charge in [-0.25, -0.2) is 9.78 Å². The average molecular weight is 447 g/mol. The Labute approximate surface area is 190 Å². The molecule has 0 saturated carbocycles. The average Bonchev–Trinajstić information content (AvgIpc) is 3.27. The number of nitrogens with one attached hydrogen (secondary N) is 1. The molecule has 33 heavy (non-hydrogen) atoms. The van der Waals surface area contributed by atoms with Crippen LogP contribution in [-0.4, -0.2) is 37.9 Å². The lowest BCUT2D eigenvalue weighted by molar-refractivity contribution is -0.123. The predicted molar refractivity (Wildman–Crippen MR) is 123 cm³/mol. The van der Waals surface area contributed by atoms with Gasteiger partial charge in [0.15, 0.2) is 6.10 Å². The molecule has 0 aliphatic carbocycles. The molecule has 0 bridgehead atoms. The second-order valence-electron chi connectivity index (χ2n) is 8.08. The van der Waals surface area contributed by atoms with E-state index in [9.17, 15) is 9.59 Å². The summed E-state index contributed by atoms with van der Waals surface area (Å²) in [4.78, 5) is 30.4. The smallest absolute Gasteiger partial charge is 0.339 e. The van der Waals surface area contributed by atoms with Gasteiger partial charge in [-0.2, -0.15) is 5.10 Å². The molecule has 0 aliphatic heterocycles. The van der Waals surface area contributed by atoms with Crippen molar-refractivity contribution in [2.45, 2.75) is 40.7 Å². The molecule has 1 unspecified atom stereocenters. The van der Waals surface area contributed by atoms with Crippen molar-refractivity contribution in [1.82, 2.24) is 19.9 Å². The van der Waals surface area contributed by atoms with Gasteiger partial charge in [0.2, 0.25) is 0 Å². The Kier molecular flexibility index (Phi) is 5.71. The fraction of sp³-hybridized carbons (Fsp3) is 0.292. The van der Waals surface area contributed by atoms with Crippen molar-refractivity contribution in [3.05, 3.63) is 58.5 Å². The van der Waals surface area contributed by atoms with Crippen LogP contribution >= 0.6 is 0 Å². The number of esters is 1. The number of rotatable bonds is 5. The SMILES string of the molecule is Cc1ccc(-c2cc(C(=O)OC(C)C(=O)Nc3c(C)nn(C)c3C)c3c(C)noc3n2)cc1. The number of aromatic nitrogens is 4. The molecule has 0 radical (unpaired) electrons. The van der Waals surface area contributed by atoms with E-state index in [1.165, 1.54) is 6.92 Å². The van der Waals surface area contributed by atoms with Gasteiger partial charge in [-0.3, -0.25) is 9.48 Å². The van der Waals surface area contributed by atoms with Crippen LogP contribution < -0.4 is 5.32 Å². The second kappa shape index (κ2) is 8.50. The van der Waals surface area contributed by atoms with Gasteiger partial charge in [0.25, 0.3) is 11.6 Å². The Morgan fingerprint density at radius 1 is 1.09 bits per heavy atom. The minimum Gasteiger partial charge on any atom is -0.449 e. The van der Waals surface area contributed by atoms with Crippen molar-refractivity contribution in [2.24, 2.45) is 7.05 Å². The van der Waals surface area contributed by atoms with E-state index in [0.717, 1.165) is 16.8 Å². The molecule has 1 amide bonds. The molecule has 0 saturated heterocycles. The number of aryl methyl sites for hydroxylation is 4. The number of anilines is 1. The number of carbonyl (C=O) groups excluding carboxylic acids is 2. The van der Waals surface area contributed by atoms with Crippen LogP contribution in [0.25, 0.3) is 22.4 Å². The fourth-order valence-corrected chi connectivity index (χ4v) is 3.58. The molecule has 9 nitrogen and oxygen atoms in total. The van der Waals surface area contributed by atoms with E-state index in [-0.39, 0.29) is 11.3 Å². The highest BCUT2D eigenvalue weighted by Gasteiger charge is 2.25. The maximum absolute atomic E-state index is 13.1. The van der Waals surface area contributed by atoms with Crippen molar-refractivity contribution in [2.75, 3.05) is 5.32 Å². The molecule has 1 aromatic carbocycles. The highest BCUT2D eigenvalue weighted by molar-refractivity contribution is 6.05. The van der Waals surface area contributed by atoms with Crippen molar-refractivity contribution in [1.29, 1.82) is 0 Å². The first-order chi connectivity index (χ1) is 15.7. The van der Waals surface area contributed by atoms with E-state index < -0.39 is 18.0 Å². The first kappa shape index (κ1) is 22.2. The first-order valence-electron chi connectivity index (χ1n) is 10.5. The van der Waals surface area contributed by atoms with Gasteiger partial charge in [-0.1, -0.05) is 35.0 Å². The third-order valence-corrected chi connectivity index (χ3v) is 5.59. The molecular weight excluding hydrogens is 422 g/mol. The number of hydrogen-bond acceptors (Lipinski definition) is 7. The van der Waals surface area contributed by atoms with Gasteiger partial charge in [-0.15, -0.1) is 0 Å². The Balaban J connectivity index is 1.62. The molecule has 170 valence electrons. The highest BCUT2D eigenvalue weighted by Crippen LogP contribution is 2.28. The third kappa shape index (κ3) is 4.21. The number of hydrogen-bond donors (Lipinski definition) is 1. The second-order valence-corrected chi connectivity index (χ2v) is 8.08. The molecule has 1 atom stereocenters. The van der Waals surface area contributed by atoms with Gasteiger partial charge in [0.1, 0.15) is 0 Å². The summed E-state index contributed by atoms with van der Waals surface area (Å²) in [5.74, 6) is -1.11. The van der Waals surface area contributed by atoms with Crippen LogP contribution in [0.3, 0.4) is 0 Å². The van der Waals surface area contributed by atoms with Crippen LogP contribution in [0.15, 0.2) is 34.9 Å². The van der Waals surface area contributed by atoms with Crippen LogP contribution in [0.5, 0.6) is 0 Å². The van der Waals surface area contributed by atoms with E-state index >= 15 is 0 Å². The van der Waals surface area contributed by atoms with Crippen molar-refractivity contribution in [3.8, 4) is 11.3 Å². The minimum atomic E-state index is -1.04. The number of benzene rings is 1. The van der Waals surface area contributed by atoms with Crippen LogP contribution in [0.1, 0.15) is 39.9 Å². The largest absolute Gasteiger partial charge is 0.449 e. The molecule has 3 aromatic heterocycles. The van der Waals surface area contributed by atoms with Crippen molar-refractivity contribution >= 4 is 28.7 Å². The summed E-state index contributed by atoms with van der Waals surface area (Å²) in [6.07, 6.45) is -1.04. The van der Waals surface area contributed by atoms with Crippen LogP contribution in [0.4, 0.5) is 5.69 Å². The Morgan fingerprint density at radius 2 is 1.79 bits per heavy atom. The molecule has 4 rings (SSSR count). The molecular formula is C24H25N5O4. The molecule has 1 N–H and O–H groups in total. The molecule has 0 spiro atoms. The van der Waals surface area contributed by atoms with Gasteiger partial charge in [0.05, 0.1) is 39.4 Å². The molecule has 4 aromatic rings. The van der Waals surface area contributed by atoms with Gasteiger partial charge < -0.3 is 14.6 Å². The van der Waals surface area contributed by atoms with Crippen molar-refractivity contribution in [3.63, 3.8) is 0 Å². The van der Waals surface area contributed by atoms with Gasteiger partial charge in [-0.05, 0) is 40.7 Å².